The maximum atomic E-state index is 12.0. The monoisotopic (exact) mass is 707 g/mol. The summed E-state index contributed by atoms with van der Waals surface area (Å²) >= 11 is 0. The number of hydrogen-bond acceptors (Lipinski definition) is 18. The first-order valence-electron chi connectivity index (χ1n) is 11.1. The number of aromatic hydroxyl groups is 2. The van der Waals surface area contributed by atoms with Gasteiger partial charge >= 0.3 is 29.6 Å². The van der Waals surface area contributed by atoms with Crippen molar-refractivity contribution in [3.8, 4) is 11.5 Å². The van der Waals surface area contributed by atoms with E-state index in [0.29, 0.717) is 12.1 Å². The van der Waals surface area contributed by atoms with Gasteiger partial charge in [-0.3, -0.25) is 0 Å². The van der Waals surface area contributed by atoms with Gasteiger partial charge in [-0.05, 0) is 41.8 Å². The Balaban J connectivity index is 0.00000552. The van der Waals surface area contributed by atoms with E-state index in [2.05, 4.69) is 20.5 Å². The van der Waals surface area contributed by atoms with Crippen LogP contribution in [0.2, 0.25) is 0 Å². The number of nitrogens with zero attached hydrogens (tertiary/aromatic N) is 4. The van der Waals surface area contributed by atoms with Gasteiger partial charge in [0.25, 0.3) is 0 Å². The summed E-state index contributed by atoms with van der Waals surface area (Å²) in [6.45, 7) is 0. The Kier molecular flexibility index (Phi) is 10.2. The van der Waals surface area contributed by atoms with Crippen molar-refractivity contribution < 1.29 is 91.7 Å². The molecule has 23 heteroatoms. The fraction of sp³-hybridized carbons (Fsp3) is 0. The van der Waals surface area contributed by atoms with Crippen LogP contribution in [0.15, 0.2) is 101 Å². The molecule has 0 aliphatic rings. The van der Waals surface area contributed by atoms with Gasteiger partial charge in [0, 0.05) is 0 Å². The van der Waals surface area contributed by atoms with E-state index in [-0.39, 0.29) is 29.6 Å². The van der Waals surface area contributed by atoms with Gasteiger partial charge in [-0.15, -0.1) is 20.5 Å². The molecule has 0 radical (unpaired) electrons. The number of fused-ring (bicyclic) bond motifs is 1. The number of phenolic OH excluding ortho intramolecular Hbond substituents is 2. The van der Waals surface area contributed by atoms with Crippen molar-refractivity contribution in [2.75, 3.05) is 0 Å². The predicted molar refractivity (Wildman–Crippen MR) is 140 cm³/mol. The second-order valence-corrected chi connectivity index (χ2v) is 13.8. The van der Waals surface area contributed by atoms with Gasteiger partial charge in [0.15, 0.2) is 11.5 Å². The van der Waals surface area contributed by atoms with Crippen LogP contribution in [0.1, 0.15) is 0 Å². The zero-order valence-corrected chi connectivity index (χ0v) is 27.3. The molecule has 0 atom stereocenters. The van der Waals surface area contributed by atoms with Crippen LogP contribution < -0.4 is 29.6 Å². The van der Waals surface area contributed by atoms with Crippen molar-refractivity contribution in [3.63, 3.8) is 0 Å². The maximum absolute atomic E-state index is 12.0. The van der Waals surface area contributed by atoms with Crippen LogP contribution in [0.5, 0.6) is 11.5 Å². The normalized spacial score (nSPS) is 13.0. The molecule has 0 amide bonds. The number of phenols is 2. The minimum Gasteiger partial charge on any atom is -0.744 e. The number of benzene rings is 4. The van der Waals surface area contributed by atoms with E-state index in [4.69, 9.17) is 0 Å². The molecule has 0 heterocycles. The van der Waals surface area contributed by atoms with E-state index >= 15 is 0 Å². The average Bonchev–Trinajstić information content (AvgIpc) is 2.89. The molecule has 0 saturated heterocycles. The minimum absolute atomic E-state index is 0. The molecule has 0 unspecified atom stereocenters. The van der Waals surface area contributed by atoms with E-state index < -0.39 is 105 Å². The number of rotatable bonds is 8. The second kappa shape index (κ2) is 12.8. The van der Waals surface area contributed by atoms with Gasteiger partial charge in [0.1, 0.15) is 63.2 Å². The van der Waals surface area contributed by atoms with Crippen molar-refractivity contribution in [1.29, 1.82) is 0 Å². The molecule has 4 aromatic rings. The molecule has 45 heavy (non-hydrogen) atoms. The Morgan fingerprint density at radius 3 is 1.11 bits per heavy atom. The minimum atomic E-state index is -5.61. The van der Waals surface area contributed by atoms with Gasteiger partial charge in [-0.1, -0.05) is 24.3 Å². The zero-order chi connectivity index (χ0) is 32.8. The first kappa shape index (κ1) is 36.1. The largest absolute Gasteiger partial charge is 1.00 e. The molecule has 4 aromatic carbocycles. The van der Waals surface area contributed by atoms with Gasteiger partial charge in [0.2, 0.25) is 0 Å². The second-order valence-electron chi connectivity index (χ2n) is 8.39. The van der Waals surface area contributed by atoms with Gasteiger partial charge in [-0.25, -0.2) is 33.7 Å². The van der Waals surface area contributed by atoms with Crippen LogP contribution in [0.3, 0.4) is 0 Å². The van der Waals surface area contributed by atoms with Crippen LogP contribution in [0.4, 0.5) is 22.7 Å². The first-order valence-corrected chi connectivity index (χ1v) is 16.8. The van der Waals surface area contributed by atoms with E-state index in [1.807, 2.05) is 0 Å². The van der Waals surface area contributed by atoms with Crippen LogP contribution in [-0.4, -0.2) is 62.1 Å². The fourth-order valence-corrected chi connectivity index (χ4v) is 6.26. The standard InChI is InChI=1S/C22H16N4O14S4.Na/c27-21-18-11(9-16(43(35,36)37)19(21)25-23-12-5-1-3-7-14(12)41(29,30)31)10-17(44(38,39)40)20(22(18)28)26-24-13-6-2-4-8-15(13)42(32,33)34;/h1-10,27-28H,(H,29,30,31)(H,32,33,34)(H,35,36,37)(H,38,39,40);/q;+1/p-4. The van der Waals surface area contributed by atoms with E-state index in [0.717, 1.165) is 36.4 Å². The molecule has 0 aromatic heterocycles. The molecule has 0 bridgehead atoms. The topological polar surface area (TPSA) is 319 Å². The smallest absolute Gasteiger partial charge is 0.744 e. The Morgan fingerprint density at radius 2 is 0.800 bits per heavy atom. The third kappa shape index (κ3) is 7.70. The zero-order valence-electron chi connectivity index (χ0n) is 22.0. The molecule has 0 aliphatic heterocycles. The molecular weight excluding hydrogens is 696 g/mol. The molecule has 0 spiro atoms. The van der Waals surface area contributed by atoms with Crippen LogP contribution in [0, 0.1) is 0 Å². The molecule has 2 N–H and O–H groups in total. The fourth-order valence-electron chi connectivity index (χ4n) is 3.75. The maximum Gasteiger partial charge on any atom is 1.00 e. The van der Waals surface area contributed by atoms with Gasteiger partial charge in [-0.2, -0.15) is 0 Å². The third-order valence-electron chi connectivity index (χ3n) is 5.57. The van der Waals surface area contributed by atoms with E-state index in [9.17, 15) is 62.1 Å². The molecule has 18 nitrogen and oxygen atoms in total. The molecule has 0 fully saturated rings. The Bertz CT molecular complexity index is 2200. The van der Waals surface area contributed by atoms with Crippen molar-refractivity contribution in [1.82, 2.24) is 0 Å². The van der Waals surface area contributed by atoms with E-state index in [1.54, 1.807) is 0 Å². The van der Waals surface area contributed by atoms with Crippen LogP contribution in [-0.2, 0) is 40.5 Å². The summed E-state index contributed by atoms with van der Waals surface area (Å²) in [5.74, 6) is -2.76. The van der Waals surface area contributed by atoms with Crippen LogP contribution >= 0.6 is 0 Å². The Morgan fingerprint density at radius 1 is 0.489 bits per heavy atom. The third-order valence-corrected chi connectivity index (χ3v) is 9.04. The molecular formula is C22H12N4NaO14S4-3. The van der Waals surface area contributed by atoms with Crippen molar-refractivity contribution in [2.45, 2.75) is 19.6 Å². The number of hydrogen-bond donors (Lipinski definition) is 2. The summed E-state index contributed by atoms with van der Waals surface area (Å²) in [6, 6.07) is 9.07. The van der Waals surface area contributed by atoms with Crippen molar-refractivity contribution in [3.05, 3.63) is 60.7 Å². The quantitative estimate of drug-likeness (QED) is 0.135. The summed E-state index contributed by atoms with van der Waals surface area (Å²) in [6.07, 6.45) is 0. The van der Waals surface area contributed by atoms with Gasteiger partial charge in [0.05, 0.1) is 25.0 Å². The summed E-state index contributed by atoms with van der Waals surface area (Å²) in [5, 5.41) is 33.8. The Hall–Kier alpha value is -3.42. The van der Waals surface area contributed by atoms with Crippen molar-refractivity contribution >= 4 is 74.0 Å². The van der Waals surface area contributed by atoms with E-state index in [1.165, 1.54) is 12.1 Å². The number of azo groups is 2. The summed E-state index contributed by atoms with van der Waals surface area (Å²) < 4.78 is 141. The predicted octanol–water partition coefficient (Wildman–Crippen LogP) is -0.298. The SMILES string of the molecule is O=S(=O)([O-])c1ccccc1N=Nc1c(S(=O)(=O)[O-])cc2cc(S(=O)(=O)[O-])c(N=Nc3ccccc3S(=O)(=O)[O-])c(O)c2c1O.[Na+]. The molecule has 0 saturated carbocycles. The Labute approximate surface area is 276 Å². The molecule has 0 aliphatic carbocycles. The van der Waals surface area contributed by atoms with Gasteiger partial charge < -0.3 is 28.4 Å². The first-order chi connectivity index (χ1) is 20.2. The molecule has 232 valence electrons. The summed E-state index contributed by atoms with van der Waals surface area (Å²) in [7, 11) is -21.5. The van der Waals surface area contributed by atoms with Crippen LogP contribution in [0.25, 0.3) is 10.8 Å². The summed E-state index contributed by atoms with van der Waals surface area (Å²) in [4.78, 5) is -4.61. The van der Waals surface area contributed by atoms with Crippen molar-refractivity contribution in [2.24, 2.45) is 20.5 Å². The summed E-state index contributed by atoms with van der Waals surface area (Å²) in [5.41, 5.74) is -3.75. The average molecular weight is 708 g/mol. The molecule has 4 rings (SSSR count).